The predicted molar refractivity (Wildman–Crippen MR) is 50.7 cm³/mol. The monoisotopic (exact) mass is 158 g/mol. The molecule has 0 aromatic rings. The van der Waals surface area contributed by atoms with Gasteiger partial charge in [0.1, 0.15) is 0 Å². The molecule has 0 aromatic carbocycles. The SMILES string of the molecule is CCCCCN(C)C(C)CN. The van der Waals surface area contributed by atoms with E-state index < -0.39 is 0 Å². The molecular formula is C9H22N2. The second-order valence-electron chi connectivity index (χ2n) is 3.27. The fourth-order valence-electron chi connectivity index (χ4n) is 1.01. The summed E-state index contributed by atoms with van der Waals surface area (Å²) >= 11 is 0. The molecule has 0 radical (unpaired) electrons. The molecule has 0 amide bonds. The summed E-state index contributed by atoms with van der Waals surface area (Å²) in [7, 11) is 2.15. The van der Waals surface area contributed by atoms with Gasteiger partial charge in [0, 0.05) is 12.6 Å². The molecule has 2 heteroatoms. The minimum atomic E-state index is 0.534. The van der Waals surface area contributed by atoms with Gasteiger partial charge in [-0.2, -0.15) is 0 Å². The molecule has 0 aliphatic carbocycles. The molecule has 0 aliphatic rings. The fraction of sp³-hybridized carbons (Fsp3) is 1.00. The highest BCUT2D eigenvalue weighted by Crippen LogP contribution is 1.99. The lowest BCUT2D eigenvalue weighted by molar-refractivity contribution is 0.257. The highest BCUT2D eigenvalue weighted by atomic mass is 15.1. The van der Waals surface area contributed by atoms with Crippen molar-refractivity contribution in [3.63, 3.8) is 0 Å². The Morgan fingerprint density at radius 1 is 1.36 bits per heavy atom. The first-order valence-electron chi connectivity index (χ1n) is 4.62. The molecule has 0 spiro atoms. The van der Waals surface area contributed by atoms with Crippen molar-refractivity contribution in [2.24, 2.45) is 5.73 Å². The van der Waals surface area contributed by atoms with Crippen molar-refractivity contribution in [2.75, 3.05) is 20.1 Å². The second-order valence-corrected chi connectivity index (χ2v) is 3.27. The molecule has 68 valence electrons. The van der Waals surface area contributed by atoms with Crippen LogP contribution in [-0.2, 0) is 0 Å². The zero-order chi connectivity index (χ0) is 8.69. The highest BCUT2D eigenvalue weighted by molar-refractivity contribution is 4.62. The molecule has 1 unspecified atom stereocenters. The average molecular weight is 158 g/mol. The van der Waals surface area contributed by atoms with E-state index in [1.165, 1.54) is 25.8 Å². The standard InChI is InChI=1S/C9H22N2/c1-4-5-6-7-11(3)9(2)8-10/h9H,4-8,10H2,1-3H3. The third kappa shape index (κ3) is 5.22. The average Bonchev–Trinajstić information content (AvgIpc) is 2.03. The summed E-state index contributed by atoms with van der Waals surface area (Å²) in [5, 5.41) is 0. The number of rotatable bonds is 6. The predicted octanol–water partition coefficient (Wildman–Crippen LogP) is 1.46. The van der Waals surface area contributed by atoms with Gasteiger partial charge in [-0.25, -0.2) is 0 Å². The summed E-state index contributed by atoms with van der Waals surface area (Å²) < 4.78 is 0. The van der Waals surface area contributed by atoms with E-state index in [2.05, 4.69) is 25.8 Å². The lowest BCUT2D eigenvalue weighted by Gasteiger charge is -2.22. The minimum Gasteiger partial charge on any atom is -0.329 e. The number of hydrogen-bond acceptors (Lipinski definition) is 2. The summed E-state index contributed by atoms with van der Waals surface area (Å²) in [6.45, 7) is 6.35. The zero-order valence-electron chi connectivity index (χ0n) is 8.14. The van der Waals surface area contributed by atoms with Crippen LogP contribution in [0.4, 0.5) is 0 Å². The molecular weight excluding hydrogens is 136 g/mol. The van der Waals surface area contributed by atoms with E-state index in [1.54, 1.807) is 0 Å². The van der Waals surface area contributed by atoms with Crippen LogP contribution in [0.25, 0.3) is 0 Å². The van der Waals surface area contributed by atoms with Gasteiger partial charge in [-0.05, 0) is 26.9 Å². The quantitative estimate of drug-likeness (QED) is 0.593. The minimum absolute atomic E-state index is 0.534. The van der Waals surface area contributed by atoms with Gasteiger partial charge in [0.25, 0.3) is 0 Å². The molecule has 11 heavy (non-hydrogen) atoms. The lowest BCUT2D eigenvalue weighted by Crippen LogP contribution is -2.35. The molecule has 0 rings (SSSR count). The van der Waals surface area contributed by atoms with E-state index >= 15 is 0 Å². The first-order valence-corrected chi connectivity index (χ1v) is 4.62. The Bertz CT molecular complexity index is 83.6. The van der Waals surface area contributed by atoms with Gasteiger partial charge in [-0.3, -0.25) is 0 Å². The smallest absolute Gasteiger partial charge is 0.0187 e. The van der Waals surface area contributed by atoms with Crippen LogP contribution in [0.1, 0.15) is 33.1 Å². The Balaban J connectivity index is 3.28. The van der Waals surface area contributed by atoms with Crippen LogP contribution < -0.4 is 5.73 Å². The Morgan fingerprint density at radius 2 is 2.00 bits per heavy atom. The van der Waals surface area contributed by atoms with Crippen molar-refractivity contribution in [3.8, 4) is 0 Å². The summed E-state index contributed by atoms with van der Waals surface area (Å²) in [6.07, 6.45) is 3.93. The first-order chi connectivity index (χ1) is 5.22. The Morgan fingerprint density at radius 3 is 2.45 bits per heavy atom. The van der Waals surface area contributed by atoms with Gasteiger partial charge < -0.3 is 10.6 Å². The van der Waals surface area contributed by atoms with Crippen LogP contribution in [0, 0.1) is 0 Å². The summed E-state index contributed by atoms with van der Waals surface area (Å²) in [5.41, 5.74) is 5.54. The van der Waals surface area contributed by atoms with Crippen molar-refractivity contribution in [1.82, 2.24) is 4.90 Å². The van der Waals surface area contributed by atoms with Gasteiger partial charge in [-0.15, -0.1) is 0 Å². The van der Waals surface area contributed by atoms with E-state index in [1.807, 2.05) is 0 Å². The Labute approximate surface area is 70.8 Å². The highest BCUT2D eigenvalue weighted by Gasteiger charge is 2.04. The summed E-state index contributed by atoms with van der Waals surface area (Å²) in [5.74, 6) is 0. The molecule has 2 nitrogen and oxygen atoms in total. The van der Waals surface area contributed by atoms with Gasteiger partial charge >= 0.3 is 0 Å². The summed E-state index contributed by atoms with van der Waals surface area (Å²) in [6, 6.07) is 0.534. The number of nitrogens with zero attached hydrogens (tertiary/aromatic N) is 1. The van der Waals surface area contributed by atoms with Crippen molar-refractivity contribution in [3.05, 3.63) is 0 Å². The fourth-order valence-corrected chi connectivity index (χ4v) is 1.01. The number of likely N-dealkylation sites (N-methyl/N-ethyl adjacent to an activating group) is 1. The van der Waals surface area contributed by atoms with Gasteiger partial charge in [0.2, 0.25) is 0 Å². The molecule has 2 N–H and O–H groups in total. The molecule has 0 aromatic heterocycles. The van der Waals surface area contributed by atoms with E-state index in [0.717, 1.165) is 6.54 Å². The molecule has 0 heterocycles. The van der Waals surface area contributed by atoms with Gasteiger partial charge in [0.15, 0.2) is 0 Å². The third-order valence-corrected chi connectivity index (χ3v) is 2.21. The number of hydrogen-bond donors (Lipinski definition) is 1. The summed E-state index contributed by atoms with van der Waals surface area (Å²) in [4.78, 5) is 2.33. The second kappa shape index (κ2) is 6.62. The number of nitrogens with two attached hydrogens (primary N) is 1. The lowest BCUT2D eigenvalue weighted by atomic mass is 10.2. The molecule has 0 fully saturated rings. The first kappa shape index (κ1) is 10.9. The van der Waals surface area contributed by atoms with Crippen LogP contribution in [0.3, 0.4) is 0 Å². The van der Waals surface area contributed by atoms with Crippen molar-refractivity contribution >= 4 is 0 Å². The topological polar surface area (TPSA) is 29.3 Å². The van der Waals surface area contributed by atoms with E-state index in [0.29, 0.717) is 6.04 Å². The molecule has 0 aliphatic heterocycles. The molecule has 0 saturated heterocycles. The van der Waals surface area contributed by atoms with E-state index in [9.17, 15) is 0 Å². The van der Waals surface area contributed by atoms with Crippen LogP contribution in [-0.4, -0.2) is 31.1 Å². The Kier molecular flexibility index (Phi) is 6.57. The third-order valence-electron chi connectivity index (χ3n) is 2.21. The van der Waals surface area contributed by atoms with Gasteiger partial charge in [-0.1, -0.05) is 19.8 Å². The molecule has 0 saturated carbocycles. The number of unbranched alkanes of at least 4 members (excludes halogenated alkanes) is 2. The van der Waals surface area contributed by atoms with Crippen molar-refractivity contribution in [2.45, 2.75) is 39.2 Å². The molecule has 1 atom stereocenters. The largest absolute Gasteiger partial charge is 0.329 e. The maximum atomic E-state index is 5.54. The van der Waals surface area contributed by atoms with Crippen LogP contribution >= 0.6 is 0 Å². The normalized spacial score (nSPS) is 13.9. The van der Waals surface area contributed by atoms with E-state index in [-0.39, 0.29) is 0 Å². The van der Waals surface area contributed by atoms with Crippen LogP contribution in [0.2, 0.25) is 0 Å². The van der Waals surface area contributed by atoms with Crippen LogP contribution in [0.5, 0.6) is 0 Å². The van der Waals surface area contributed by atoms with Gasteiger partial charge in [0.05, 0.1) is 0 Å². The maximum Gasteiger partial charge on any atom is 0.0187 e. The Hall–Kier alpha value is -0.0800. The van der Waals surface area contributed by atoms with E-state index in [4.69, 9.17) is 5.73 Å². The van der Waals surface area contributed by atoms with Crippen LogP contribution in [0.15, 0.2) is 0 Å². The maximum absolute atomic E-state index is 5.54. The zero-order valence-corrected chi connectivity index (χ0v) is 8.14. The van der Waals surface area contributed by atoms with Crippen molar-refractivity contribution in [1.29, 1.82) is 0 Å². The molecule has 0 bridgehead atoms. The van der Waals surface area contributed by atoms with Crippen molar-refractivity contribution < 1.29 is 0 Å².